The number of benzene rings is 3. The molecule has 43 heavy (non-hydrogen) atoms. The third-order valence-electron chi connectivity index (χ3n) is 8.64. The lowest BCUT2D eigenvalue weighted by molar-refractivity contribution is 0.00546. The summed E-state index contributed by atoms with van der Waals surface area (Å²) >= 11 is 12.7. The Morgan fingerprint density at radius 2 is 1.70 bits per heavy atom. The molecule has 3 unspecified atom stereocenters. The molecule has 2 aliphatic heterocycles. The molecule has 2 aliphatic rings. The number of halogens is 2. The first-order chi connectivity index (χ1) is 20.7. The number of carbonyl (C=O) groups excluding carboxylic acids is 1. The Kier molecular flexibility index (Phi) is 10.5. The quantitative estimate of drug-likeness (QED) is 0.294. The van der Waals surface area contributed by atoms with E-state index in [1.165, 1.54) is 0 Å². The van der Waals surface area contributed by atoms with Gasteiger partial charge in [0.2, 0.25) is 0 Å². The molecule has 5 rings (SSSR count). The van der Waals surface area contributed by atoms with Gasteiger partial charge in [0, 0.05) is 43.2 Å². The molecule has 7 nitrogen and oxygen atoms in total. The van der Waals surface area contributed by atoms with Gasteiger partial charge in [-0.3, -0.25) is 9.69 Å². The lowest BCUT2D eigenvalue weighted by Gasteiger charge is -2.43. The SMILES string of the molecule is O=C(c1ccccc1)N1CCCC(COCCN2CCC(O)CC2CS(=O)(=O)c2ccccc2)(c2ccc(Cl)c(Cl)c2)C1. The van der Waals surface area contributed by atoms with Gasteiger partial charge in [0.25, 0.3) is 5.91 Å². The highest BCUT2D eigenvalue weighted by molar-refractivity contribution is 7.91. The van der Waals surface area contributed by atoms with E-state index in [0.717, 1.165) is 18.4 Å². The lowest BCUT2D eigenvalue weighted by atomic mass is 9.74. The zero-order valence-electron chi connectivity index (χ0n) is 24.1. The van der Waals surface area contributed by atoms with Crippen molar-refractivity contribution in [3.05, 3.63) is 100 Å². The molecule has 3 atom stereocenters. The van der Waals surface area contributed by atoms with Crippen molar-refractivity contribution in [1.82, 2.24) is 9.80 Å². The van der Waals surface area contributed by atoms with E-state index in [1.807, 2.05) is 47.4 Å². The second kappa shape index (κ2) is 14.1. The van der Waals surface area contributed by atoms with Crippen molar-refractivity contribution in [1.29, 1.82) is 0 Å². The van der Waals surface area contributed by atoms with Crippen molar-refractivity contribution < 1.29 is 23.1 Å². The van der Waals surface area contributed by atoms with Crippen LogP contribution in [0.3, 0.4) is 0 Å². The topological polar surface area (TPSA) is 87.2 Å². The van der Waals surface area contributed by atoms with E-state index < -0.39 is 21.4 Å². The maximum atomic E-state index is 13.4. The summed E-state index contributed by atoms with van der Waals surface area (Å²) in [6.45, 7) is 3.01. The number of aliphatic hydroxyl groups is 1. The molecule has 0 aromatic heterocycles. The highest BCUT2D eigenvalue weighted by atomic mass is 35.5. The fourth-order valence-corrected chi connectivity index (χ4v) is 8.22. The maximum Gasteiger partial charge on any atom is 0.253 e. The van der Waals surface area contributed by atoms with Crippen molar-refractivity contribution >= 4 is 38.9 Å². The minimum absolute atomic E-state index is 0.0147. The van der Waals surface area contributed by atoms with E-state index in [1.54, 1.807) is 36.4 Å². The van der Waals surface area contributed by atoms with Crippen LogP contribution in [-0.4, -0.2) is 86.5 Å². The predicted molar refractivity (Wildman–Crippen MR) is 170 cm³/mol. The Labute approximate surface area is 264 Å². The summed E-state index contributed by atoms with van der Waals surface area (Å²) < 4.78 is 32.6. The molecule has 2 saturated heterocycles. The second-order valence-electron chi connectivity index (χ2n) is 11.6. The first kappa shape index (κ1) is 31.9. The molecule has 10 heteroatoms. The molecular weight excluding hydrogens is 607 g/mol. The van der Waals surface area contributed by atoms with Gasteiger partial charge in [-0.05, 0) is 67.6 Å². The van der Waals surface area contributed by atoms with Crippen LogP contribution in [0.1, 0.15) is 41.6 Å². The van der Waals surface area contributed by atoms with E-state index in [4.69, 9.17) is 27.9 Å². The number of aliphatic hydroxyl groups excluding tert-OH is 1. The minimum Gasteiger partial charge on any atom is -0.393 e. The molecule has 2 fully saturated rings. The summed E-state index contributed by atoms with van der Waals surface area (Å²) in [5, 5.41) is 11.3. The number of amides is 1. The van der Waals surface area contributed by atoms with Crippen LogP contribution in [0.15, 0.2) is 83.8 Å². The number of piperidine rings is 2. The number of likely N-dealkylation sites (tertiary alicyclic amines) is 2. The Balaban J connectivity index is 1.28. The molecule has 2 heterocycles. The van der Waals surface area contributed by atoms with Gasteiger partial charge in [-0.2, -0.15) is 0 Å². The Morgan fingerprint density at radius 3 is 2.42 bits per heavy atom. The van der Waals surface area contributed by atoms with Crippen LogP contribution < -0.4 is 0 Å². The van der Waals surface area contributed by atoms with E-state index in [2.05, 4.69) is 4.90 Å². The Morgan fingerprint density at radius 1 is 0.977 bits per heavy atom. The number of nitrogens with zero attached hydrogens (tertiary/aromatic N) is 2. The number of sulfone groups is 1. The van der Waals surface area contributed by atoms with Crippen molar-refractivity contribution in [3.63, 3.8) is 0 Å². The van der Waals surface area contributed by atoms with E-state index in [0.29, 0.717) is 72.7 Å². The highest BCUT2D eigenvalue weighted by Gasteiger charge is 2.40. The minimum atomic E-state index is -3.51. The van der Waals surface area contributed by atoms with Crippen LogP contribution in [0.25, 0.3) is 0 Å². The van der Waals surface area contributed by atoms with Gasteiger partial charge in [0.15, 0.2) is 9.84 Å². The van der Waals surface area contributed by atoms with Gasteiger partial charge < -0.3 is 14.7 Å². The fraction of sp³-hybridized carbons (Fsp3) is 0.424. The second-order valence-corrected chi connectivity index (χ2v) is 14.5. The number of hydrogen-bond acceptors (Lipinski definition) is 6. The summed E-state index contributed by atoms with van der Waals surface area (Å²) in [6.07, 6.45) is 2.09. The van der Waals surface area contributed by atoms with Crippen LogP contribution in [0.5, 0.6) is 0 Å². The average Bonchev–Trinajstić information content (AvgIpc) is 3.02. The van der Waals surface area contributed by atoms with Crippen LogP contribution in [0.4, 0.5) is 0 Å². The Bertz CT molecular complexity index is 1490. The summed E-state index contributed by atoms with van der Waals surface area (Å²) in [7, 11) is -3.51. The zero-order chi connectivity index (χ0) is 30.5. The molecule has 3 aromatic carbocycles. The zero-order valence-corrected chi connectivity index (χ0v) is 26.4. The van der Waals surface area contributed by atoms with Gasteiger partial charge in [0.05, 0.1) is 40.0 Å². The number of ether oxygens (including phenoxy) is 1. The van der Waals surface area contributed by atoms with Gasteiger partial charge in [-0.15, -0.1) is 0 Å². The summed E-state index contributed by atoms with van der Waals surface area (Å²) in [5.41, 5.74) is 1.14. The normalized spacial score (nSPS) is 23.3. The number of carbonyl (C=O) groups is 1. The number of rotatable bonds is 10. The smallest absolute Gasteiger partial charge is 0.253 e. The number of hydrogen-bond donors (Lipinski definition) is 1. The first-order valence-electron chi connectivity index (χ1n) is 14.7. The van der Waals surface area contributed by atoms with Crippen LogP contribution in [0.2, 0.25) is 10.0 Å². The van der Waals surface area contributed by atoms with E-state index in [9.17, 15) is 18.3 Å². The van der Waals surface area contributed by atoms with Crippen molar-refractivity contribution in [3.8, 4) is 0 Å². The van der Waals surface area contributed by atoms with Crippen LogP contribution in [-0.2, 0) is 20.0 Å². The van der Waals surface area contributed by atoms with Crippen molar-refractivity contribution in [2.45, 2.75) is 48.1 Å². The molecule has 1 amide bonds. The molecule has 0 saturated carbocycles. The molecule has 1 N–H and O–H groups in total. The van der Waals surface area contributed by atoms with Gasteiger partial charge in [-0.25, -0.2) is 8.42 Å². The molecular formula is C33H38Cl2N2O5S. The largest absolute Gasteiger partial charge is 0.393 e. The van der Waals surface area contributed by atoms with Crippen LogP contribution >= 0.6 is 23.2 Å². The third-order valence-corrected chi connectivity index (χ3v) is 11.2. The predicted octanol–water partition coefficient (Wildman–Crippen LogP) is 5.48. The summed E-state index contributed by atoms with van der Waals surface area (Å²) in [5.74, 6) is -0.0724. The lowest BCUT2D eigenvalue weighted by Crippen LogP contribution is -2.51. The fourth-order valence-electron chi connectivity index (χ4n) is 6.30. The average molecular weight is 646 g/mol. The van der Waals surface area contributed by atoms with Gasteiger partial charge >= 0.3 is 0 Å². The van der Waals surface area contributed by atoms with E-state index in [-0.39, 0.29) is 17.7 Å². The molecule has 0 aliphatic carbocycles. The first-order valence-corrected chi connectivity index (χ1v) is 17.2. The van der Waals surface area contributed by atoms with E-state index >= 15 is 0 Å². The maximum absolute atomic E-state index is 13.4. The summed E-state index contributed by atoms with van der Waals surface area (Å²) in [4.78, 5) is 17.7. The molecule has 3 aromatic rings. The van der Waals surface area contributed by atoms with Crippen molar-refractivity contribution in [2.24, 2.45) is 0 Å². The molecule has 0 radical (unpaired) electrons. The summed E-state index contributed by atoms with van der Waals surface area (Å²) in [6, 6.07) is 23.1. The highest BCUT2D eigenvalue weighted by Crippen LogP contribution is 2.38. The Hall–Kier alpha value is -2.46. The molecule has 0 bridgehead atoms. The molecule has 230 valence electrons. The van der Waals surface area contributed by atoms with Crippen molar-refractivity contribution in [2.75, 3.05) is 45.1 Å². The van der Waals surface area contributed by atoms with Gasteiger partial charge in [0.1, 0.15) is 0 Å². The standard InChI is InChI=1S/C33H38Cl2N2O5S/c34-30-13-12-26(20-31(30)35)33(15-7-16-37(23-33)32(39)25-8-3-1-4-9-25)24-42-19-18-36-17-14-28(38)21-27(36)22-43(40,41)29-10-5-2-6-11-29/h1-6,8-13,20,27-28,38H,7,14-19,21-24H2. The van der Waals surface area contributed by atoms with Gasteiger partial charge in [-0.1, -0.05) is 65.7 Å². The monoisotopic (exact) mass is 644 g/mol. The third kappa shape index (κ3) is 7.80. The molecule has 0 spiro atoms. The van der Waals surface area contributed by atoms with Crippen LogP contribution in [0, 0.1) is 0 Å².